The van der Waals surface area contributed by atoms with E-state index in [2.05, 4.69) is 5.32 Å². The summed E-state index contributed by atoms with van der Waals surface area (Å²) in [6.07, 6.45) is 0. The van der Waals surface area contributed by atoms with Gasteiger partial charge in [0.25, 0.3) is 0 Å². The quantitative estimate of drug-likeness (QED) is 0.585. The molecule has 3 aromatic rings. The summed E-state index contributed by atoms with van der Waals surface area (Å²) in [4.78, 5) is 0.287. The second kappa shape index (κ2) is 8.44. The predicted molar refractivity (Wildman–Crippen MR) is 112 cm³/mol. The standard InChI is InChI=1S/C21H19Cl2NO2S/c1-24-13-15-3-2-4-16(11-15)14-27(25,26)19-8-5-17(6-9-19)20-10-7-18(22)12-21(20)23/h2-12,24H,13-14H2,1H3. The fourth-order valence-electron chi connectivity index (χ4n) is 2.90. The monoisotopic (exact) mass is 419 g/mol. The van der Waals surface area contributed by atoms with Crippen LogP contribution in [0.4, 0.5) is 0 Å². The van der Waals surface area contributed by atoms with Gasteiger partial charge in [-0.05, 0) is 48.0 Å². The van der Waals surface area contributed by atoms with Gasteiger partial charge >= 0.3 is 0 Å². The first kappa shape index (κ1) is 19.9. The van der Waals surface area contributed by atoms with E-state index >= 15 is 0 Å². The highest BCUT2D eigenvalue weighted by atomic mass is 35.5. The maximum Gasteiger partial charge on any atom is 0.182 e. The van der Waals surface area contributed by atoms with Crippen LogP contribution in [0.15, 0.2) is 71.6 Å². The molecule has 0 heterocycles. The van der Waals surface area contributed by atoms with Gasteiger partial charge in [-0.15, -0.1) is 0 Å². The Morgan fingerprint density at radius 1 is 0.889 bits per heavy atom. The average molecular weight is 420 g/mol. The Labute approximate surface area is 169 Å². The largest absolute Gasteiger partial charge is 0.316 e. The van der Waals surface area contributed by atoms with Crippen molar-refractivity contribution in [2.75, 3.05) is 7.05 Å². The van der Waals surface area contributed by atoms with Crippen LogP contribution in [-0.2, 0) is 22.1 Å². The zero-order chi connectivity index (χ0) is 19.4. The highest BCUT2D eigenvalue weighted by Gasteiger charge is 2.16. The smallest absolute Gasteiger partial charge is 0.182 e. The summed E-state index contributed by atoms with van der Waals surface area (Å²) >= 11 is 12.2. The van der Waals surface area contributed by atoms with Gasteiger partial charge in [-0.25, -0.2) is 8.42 Å². The van der Waals surface area contributed by atoms with Crippen molar-refractivity contribution in [3.05, 3.63) is 87.9 Å². The lowest BCUT2D eigenvalue weighted by Crippen LogP contribution is -2.07. The van der Waals surface area contributed by atoms with E-state index in [1.807, 2.05) is 37.4 Å². The first-order valence-electron chi connectivity index (χ1n) is 8.40. The molecule has 0 saturated carbocycles. The second-order valence-electron chi connectivity index (χ2n) is 6.26. The molecular formula is C21H19Cl2NO2S. The number of halogens is 2. The van der Waals surface area contributed by atoms with Crippen molar-refractivity contribution < 1.29 is 8.42 Å². The first-order chi connectivity index (χ1) is 12.9. The lowest BCUT2D eigenvalue weighted by atomic mass is 10.1. The molecule has 3 aromatic carbocycles. The number of hydrogen-bond acceptors (Lipinski definition) is 3. The summed E-state index contributed by atoms with van der Waals surface area (Å²) in [6, 6.07) is 19.6. The minimum Gasteiger partial charge on any atom is -0.316 e. The Morgan fingerprint density at radius 3 is 2.26 bits per heavy atom. The van der Waals surface area contributed by atoms with Crippen LogP contribution in [0.3, 0.4) is 0 Å². The Bertz CT molecular complexity index is 1050. The van der Waals surface area contributed by atoms with Crippen LogP contribution < -0.4 is 5.32 Å². The van der Waals surface area contributed by atoms with E-state index in [-0.39, 0.29) is 10.6 Å². The molecule has 0 bridgehead atoms. The maximum atomic E-state index is 12.8. The molecule has 0 aromatic heterocycles. The molecule has 0 saturated heterocycles. The van der Waals surface area contributed by atoms with Crippen molar-refractivity contribution in [1.82, 2.24) is 5.32 Å². The SMILES string of the molecule is CNCc1cccc(CS(=O)(=O)c2ccc(-c3ccc(Cl)cc3Cl)cc2)c1. The number of hydrogen-bond donors (Lipinski definition) is 1. The topological polar surface area (TPSA) is 46.2 Å². The van der Waals surface area contributed by atoms with Crippen molar-refractivity contribution in [3.63, 3.8) is 0 Å². The Hall–Kier alpha value is -1.85. The number of benzene rings is 3. The van der Waals surface area contributed by atoms with Gasteiger partial charge in [0.1, 0.15) is 0 Å². The van der Waals surface area contributed by atoms with Crippen LogP contribution >= 0.6 is 23.2 Å². The number of nitrogens with one attached hydrogen (secondary N) is 1. The summed E-state index contributed by atoms with van der Waals surface area (Å²) in [6.45, 7) is 0.699. The Morgan fingerprint density at radius 2 is 1.59 bits per heavy atom. The van der Waals surface area contributed by atoms with Crippen molar-refractivity contribution in [1.29, 1.82) is 0 Å². The van der Waals surface area contributed by atoms with Crippen molar-refractivity contribution in [2.45, 2.75) is 17.2 Å². The fourth-order valence-corrected chi connectivity index (χ4v) is 4.76. The van der Waals surface area contributed by atoms with Crippen LogP contribution in [-0.4, -0.2) is 15.5 Å². The fraction of sp³-hybridized carbons (Fsp3) is 0.143. The van der Waals surface area contributed by atoms with Gasteiger partial charge in [-0.3, -0.25) is 0 Å². The van der Waals surface area contributed by atoms with E-state index in [1.54, 1.807) is 36.4 Å². The van der Waals surface area contributed by atoms with Gasteiger partial charge in [0.2, 0.25) is 0 Å². The normalized spacial score (nSPS) is 11.5. The summed E-state index contributed by atoms with van der Waals surface area (Å²) in [7, 11) is -1.58. The van der Waals surface area contributed by atoms with E-state index in [0.717, 1.165) is 22.3 Å². The lowest BCUT2D eigenvalue weighted by Gasteiger charge is -2.09. The molecule has 0 amide bonds. The summed E-state index contributed by atoms with van der Waals surface area (Å²) < 4.78 is 25.5. The summed E-state index contributed by atoms with van der Waals surface area (Å²) in [5.41, 5.74) is 3.47. The van der Waals surface area contributed by atoms with Crippen LogP contribution in [0, 0.1) is 0 Å². The van der Waals surface area contributed by atoms with Gasteiger partial charge in [-0.2, -0.15) is 0 Å². The minimum absolute atomic E-state index is 0.0361. The lowest BCUT2D eigenvalue weighted by molar-refractivity contribution is 0.595. The maximum absolute atomic E-state index is 12.8. The predicted octanol–water partition coefficient (Wildman–Crippen LogP) is 5.35. The molecule has 27 heavy (non-hydrogen) atoms. The molecule has 0 unspecified atom stereocenters. The van der Waals surface area contributed by atoms with Crippen LogP contribution in [0.5, 0.6) is 0 Å². The third kappa shape index (κ3) is 4.90. The van der Waals surface area contributed by atoms with Crippen molar-refractivity contribution >= 4 is 33.0 Å². The van der Waals surface area contributed by atoms with Gasteiger partial charge in [0, 0.05) is 22.2 Å². The number of sulfone groups is 1. The van der Waals surface area contributed by atoms with Crippen molar-refractivity contribution in [2.24, 2.45) is 0 Å². The Balaban J connectivity index is 1.84. The zero-order valence-corrected chi connectivity index (χ0v) is 17.1. The van der Waals surface area contributed by atoms with Gasteiger partial charge in [-0.1, -0.05) is 65.7 Å². The molecule has 140 valence electrons. The van der Waals surface area contributed by atoms with E-state index < -0.39 is 9.84 Å². The summed E-state index contributed by atoms with van der Waals surface area (Å²) in [5, 5.41) is 4.15. The van der Waals surface area contributed by atoms with Crippen molar-refractivity contribution in [3.8, 4) is 11.1 Å². The second-order valence-corrected chi connectivity index (χ2v) is 9.09. The van der Waals surface area contributed by atoms with Crippen LogP contribution in [0.2, 0.25) is 10.0 Å². The van der Waals surface area contributed by atoms with E-state index in [9.17, 15) is 8.42 Å². The van der Waals surface area contributed by atoms with Crippen LogP contribution in [0.1, 0.15) is 11.1 Å². The minimum atomic E-state index is -3.44. The molecule has 1 N–H and O–H groups in total. The van der Waals surface area contributed by atoms with Gasteiger partial charge in [0.05, 0.1) is 10.6 Å². The summed E-state index contributed by atoms with van der Waals surface area (Å²) in [5.74, 6) is -0.0361. The molecule has 0 radical (unpaired) electrons. The molecule has 0 aliphatic heterocycles. The Kier molecular flexibility index (Phi) is 6.22. The van der Waals surface area contributed by atoms with E-state index in [4.69, 9.17) is 23.2 Å². The molecular weight excluding hydrogens is 401 g/mol. The third-order valence-corrected chi connectivity index (χ3v) is 6.44. The zero-order valence-electron chi connectivity index (χ0n) is 14.7. The number of rotatable bonds is 6. The molecule has 6 heteroatoms. The van der Waals surface area contributed by atoms with E-state index in [1.165, 1.54) is 0 Å². The first-order valence-corrected chi connectivity index (χ1v) is 10.8. The van der Waals surface area contributed by atoms with E-state index in [0.29, 0.717) is 16.6 Å². The average Bonchev–Trinajstić information content (AvgIpc) is 2.62. The molecule has 0 aliphatic rings. The molecule has 0 atom stereocenters. The molecule has 3 nitrogen and oxygen atoms in total. The molecule has 3 rings (SSSR count). The van der Waals surface area contributed by atoms with Gasteiger partial charge < -0.3 is 5.32 Å². The third-order valence-electron chi connectivity index (χ3n) is 4.18. The van der Waals surface area contributed by atoms with Crippen LogP contribution in [0.25, 0.3) is 11.1 Å². The molecule has 0 spiro atoms. The molecule has 0 aliphatic carbocycles. The highest BCUT2D eigenvalue weighted by molar-refractivity contribution is 7.90. The molecule has 0 fully saturated rings. The van der Waals surface area contributed by atoms with Gasteiger partial charge in [0.15, 0.2) is 9.84 Å². The highest BCUT2D eigenvalue weighted by Crippen LogP contribution is 2.31.